The van der Waals surface area contributed by atoms with Crippen molar-refractivity contribution in [2.45, 2.75) is 0 Å². The van der Waals surface area contributed by atoms with E-state index < -0.39 is 0 Å². The molecule has 0 fully saturated rings. The lowest BCUT2D eigenvalue weighted by molar-refractivity contribution is 0.373. The first-order chi connectivity index (χ1) is 8.24. The summed E-state index contributed by atoms with van der Waals surface area (Å²) in [5.41, 5.74) is 0.736. The smallest absolute Gasteiger partial charge is 0.161 e. The molecule has 0 aliphatic rings. The molecule has 0 bridgehead atoms. The number of ether oxygens (including phenoxy) is 1. The molecule has 0 amide bonds. The van der Waals surface area contributed by atoms with Gasteiger partial charge in [-0.25, -0.2) is 9.97 Å². The highest BCUT2D eigenvalue weighted by Gasteiger charge is 2.06. The van der Waals surface area contributed by atoms with E-state index in [1.54, 1.807) is 37.5 Å². The Balaban J connectivity index is 2.42. The first kappa shape index (κ1) is 11.2. The summed E-state index contributed by atoms with van der Waals surface area (Å²) >= 11 is 0. The number of anilines is 1. The molecule has 2 aromatic rings. The second kappa shape index (κ2) is 4.69. The molecule has 0 saturated carbocycles. The highest BCUT2D eigenvalue weighted by molar-refractivity contribution is 5.61. The van der Waals surface area contributed by atoms with Crippen LogP contribution in [0.5, 0.6) is 11.5 Å². The van der Waals surface area contributed by atoms with Gasteiger partial charge >= 0.3 is 0 Å². The van der Waals surface area contributed by atoms with Crippen LogP contribution in [0.3, 0.4) is 0 Å². The first-order valence-electron chi connectivity index (χ1n) is 5.13. The predicted octanol–water partition coefficient (Wildman–Crippen LogP) is 1.90. The molecule has 0 saturated heterocycles. The molecule has 17 heavy (non-hydrogen) atoms. The third-order valence-corrected chi connectivity index (χ3v) is 2.35. The van der Waals surface area contributed by atoms with Gasteiger partial charge in [-0.3, -0.25) is 0 Å². The molecule has 0 aliphatic carbocycles. The molecule has 0 unspecified atom stereocenters. The lowest BCUT2D eigenvalue weighted by Gasteiger charge is -2.06. The summed E-state index contributed by atoms with van der Waals surface area (Å²) in [4.78, 5) is 8.44. The van der Waals surface area contributed by atoms with Crippen LogP contribution in [0.2, 0.25) is 0 Å². The van der Waals surface area contributed by atoms with Crippen molar-refractivity contribution in [1.29, 1.82) is 0 Å². The van der Waals surface area contributed by atoms with Gasteiger partial charge in [0.2, 0.25) is 0 Å². The van der Waals surface area contributed by atoms with Crippen molar-refractivity contribution in [3.8, 4) is 22.9 Å². The fraction of sp³-hybridized carbons (Fsp3) is 0.167. The van der Waals surface area contributed by atoms with Gasteiger partial charge in [-0.1, -0.05) is 0 Å². The largest absolute Gasteiger partial charge is 0.504 e. The Labute approximate surface area is 99.1 Å². The monoisotopic (exact) mass is 231 g/mol. The number of rotatable bonds is 3. The number of nitrogens with one attached hydrogen (secondary N) is 1. The van der Waals surface area contributed by atoms with Crippen molar-refractivity contribution in [1.82, 2.24) is 9.97 Å². The Kier molecular flexibility index (Phi) is 3.09. The molecule has 0 aliphatic heterocycles. The van der Waals surface area contributed by atoms with Crippen molar-refractivity contribution >= 4 is 5.82 Å². The molecule has 2 N–H and O–H groups in total. The molecule has 5 nitrogen and oxygen atoms in total. The number of nitrogens with zero attached hydrogens (tertiary/aromatic N) is 2. The number of hydrogen-bond acceptors (Lipinski definition) is 5. The standard InChI is InChI=1S/C12H13N3O2/c1-13-11-5-6-14-12(15-11)8-3-4-10(17-2)9(16)7-8/h3-7,16H,1-2H3,(H,13,14,15). The summed E-state index contributed by atoms with van der Waals surface area (Å²) in [6.45, 7) is 0. The molecular weight excluding hydrogens is 218 g/mol. The van der Waals surface area contributed by atoms with Crippen molar-refractivity contribution in [3.63, 3.8) is 0 Å². The van der Waals surface area contributed by atoms with Crippen molar-refractivity contribution < 1.29 is 9.84 Å². The predicted molar refractivity (Wildman–Crippen MR) is 65.2 cm³/mol. The molecular formula is C12H13N3O2. The number of aromatic hydroxyl groups is 1. The van der Waals surface area contributed by atoms with E-state index in [0.717, 1.165) is 11.4 Å². The van der Waals surface area contributed by atoms with Gasteiger partial charge in [-0.15, -0.1) is 0 Å². The summed E-state index contributed by atoms with van der Waals surface area (Å²) < 4.78 is 4.98. The zero-order valence-corrected chi connectivity index (χ0v) is 9.64. The van der Waals surface area contributed by atoms with Crippen LogP contribution in [0.1, 0.15) is 0 Å². The number of benzene rings is 1. The number of phenols is 1. The quantitative estimate of drug-likeness (QED) is 0.844. The molecule has 0 spiro atoms. The van der Waals surface area contributed by atoms with E-state index in [9.17, 15) is 5.11 Å². The van der Waals surface area contributed by atoms with Crippen LogP contribution in [0.25, 0.3) is 11.4 Å². The number of aromatic nitrogens is 2. The molecule has 1 heterocycles. The van der Waals surface area contributed by atoms with Gasteiger partial charge in [-0.05, 0) is 24.3 Å². The van der Waals surface area contributed by atoms with E-state index in [1.165, 1.54) is 7.11 Å². The minimum atomic E-state index is 0.0726. The summed E-state index contributed by atoms with van der Waals surface area (Å²) in [7, 11) is 3.30. The summed E-state index contributed by atoms with van der Waals surface area (Å²) in [6, 6.07) is 6.83. The number of methoxy groups -OCH3 is 1. The molecule has 2 rings (SSSR count). The molecule has 1 aromatic heterocycles. The first-order valence-corrected chi connectivity index (χ1v) is 5.13. The maximum atomic E-state index is 9.68. The number of hydrogen-bond donors (Lipinski definition) is 2. The summed E-state index contributed by atoms with van der Waals surface area (Å²) in [5.74, 6) is 1.78. The third-order valence-electron chi connectivity index (χ3n) is 2.35. The lowest BCUT2D eigenvalue weighted by Crippen LogP contribution is -1.95. The SMILES string of the molecule is CNc1ccnc(-c2ccc(OC)c(O)c2)n1. The number of phenolic OH excluding ortho intramolecular Hbond substituents is 1. The van der Waals surface area contributed by atoms with Crippen LogP contribution < -0.4 is 10.1 Å². The second-order valence-corrected chi connectivity index (χ2v) is 3.40. The maximum absolute atomic E-state index is 9.68. The van der Waals surface area contributed by atoms with Gasteiger partial charge in [0.25, 0.3) is 0 Å². The van der Waals surface area contributed by atoms with E-state index in [0.29, 0.717) is 11.6 Å². The van der Waals surface area contributed by atoms with E-state index in [4.69, 9.17) is 4.74 Å². The minimum Gasteiger partial charge on any atom is -0.504 e. The van der Waals surface area contributed by atoms with E-state index in [1.807, 2.05) is 0 Å². The topological polar surface area (TPSA) is 67.3 Å². The van der Waals surface area contributed by atoms with E-state index in [2.05, 4.69) is 15.3 Å². The van der Waals surface area contributed by atoms with Crippen molar-refractivity contribution in [2.75, 3.05) is 19.5 Å². The normalized spacial score (nSPS) is 10.0. The Morgan fingerprint density at radius 1 is 1.29 bits per heavy atom. The second-order valence-electron chi connectivity index (χ2n) is 3.40. The molecule has 0 radical (unpaired) electrons. The third kappa shape index (κ3) is 2.28. The van der Waals surface area contributed by atoms with E-state index >= 15 is 0 Å². The minimum absolute atomic E-state index is 0.0726. The molecule has 1 aromatic carbocycles. The highest BCUT2D eigenvalue weighted by Crippen LogP contribution is 2.29. The van der Waals surface area contributed by atoms with Gasteiger partial charge in [0, 0.05) is 18.8 Å². The van der Waals surface area contributed by atoms with Crippen molar-refractivity contribution in [3.05, 3.63) is 30.5 Å². The van der Waals surface area contributed by atoms with Gasteiger partial charge in [-0.2, -0.15) is 0 Å². The van der Waals surface area contributed by atoms with Crippen LogP contribution >= 0.6 is 0 Å². The Bertz CT molecular complexity index is 529. The Morgan fingerprint density at radius 3 is 2.76 bits per heavy atom. The average molecular weight is 231 g/mol. The zero-order valence-electron chi connectivity index (χ0n) is 9.64. The fourth-order valence-corrected chi connectivity index (χ4v) is 1.47. The fourth-order valence-electron chi connectivity index (χ4n) is 1.47. The molecule has 88 valence electrons. The Morgan fingerprint density at radius 2 is 2.12 bits per heavy atom. The van der Waals surface area contributed by atoms with Crippen molar-refractivity contribution in [2.24, 2.45) is 0 Å². The van der Waals surface area contributed by atoms with Crippen LogP contribution in [0.15, 0.2) is 30.5 Å². The van der Waals surface area contributed by atoms with Crippen LogP contribution in [-0.4, -0.2) is 29.2 Å². The molecule has 5 heteroatoms. The van der Waals surface area contributed by atoms with Crippen LogP contribution in [0.4, 0.5) is 5.82 Å². The lowest BCUT2D eigenvalue weighted by atomic mass is 10.2. The van der Waals surface area contributed by atoms with Gasteiger partial charge < -0.3 is 15.2 Å². The Hall–Kier alpha value is -2.30. The average Bonchev–Trinajstić information content (AvgIpc) is 2.38. The summed E-state index contributed by atoms with van der Waals surface area (Å²) in [6.07, 6.45) is 1.66. The van der Waals surface area contributed by atoms with Gasteiger partial charge in [0.1, 0.15) is 5.82 Å². The zero-order chi connectivity index (χ0) is 12.3. The van der Waals surface area contributed by atoms with Crippen LogP contribution in [-0.2, 0) is 0 Å². The van der Waals surface area contributed by atoms with Gasteiger partial charge in [0.05, 0.1) is 7.11 Å². The summed E-state index contributed by atoms with van der Waals surface area (Å²) in [5, 5.41) is 12.6. The van der Waals surface area contributed by atoms with Gasteiger partial charge in [0.15, 0.2) is 17.3 Å². The molecule has 0 atom stereocenters. The highest BCUT2D eigenvalue weighted by atomic mass is 16.5. The van der Waals surface area contributed by atoms with Crippen LogP contribution in [0, 0.1) is 0 Å². The van der Waals surface area contributed by atoms with E-state index in [-0.39, 0.29) is 5.75 Å². The maximum Gasteiger partial charge on any atom is 0.161 e.